The second-order valence-corrected chi connectivity index (χ2v) is 6.21. The van der Waals surface area contributed by atoms with Crippen LogP contribution in [0.3, 0.4) is 0 Å². The van der Waals surface area contributed by atoms with Crippen LogP contribution in [-0.2, 0) is 6.54 Å². The zero-order chi connectivity index (χ0) is 15.5. The molecule has 3 aromatic rings. The average Bonchev–Trinajstić information content (AvgIpc) is 3.14. The van der Waals surface area contributed by atoms with Crippen LogP contribution in [0.15, 0.2) is 45.8 Å². The fraction of sp³-hybridized carbons (Fsp3) is 0.0833. The summed E-state index contributed by atoms with van der Waals surface area (Å²) in [6.45, 7) is 0.488. The number of non-ortho nitro benzene ring substituents is 1. The van der Waals surface area contributed by atoms with E-state index in [4.69, 9.17) is 0 Å². The molecule has 0 unspecified atom stereocenters. The number of aromatic nitrogens is 4. The lowest BCUT2D eigenvalue weighted by atomic mass is 10.3. The topological polar surface area (TPSA) is 86.7 Å². The molecule has 0 amide bonds. The summed E-state index contributed by atoms with van der Waals surface area (Å²) in [5.41, 5.74) is -0.292. The molecule has 0 saturated carbocycles. The Hall–Kier alpha value is -2.33. The highest BCUT2D eigenvalue weighted by Crippen LogP contribution is 2.30. The number of rotatable bonds is 5. The molecular formula is C12H8FN5O2S2. The van der Waals surface area contributed by atoms with E-state index in [1.54, 1.807) is 16.0 Å². The SMILES string of the molecule is O=[N+]([O-])c1ccc(Sc2nnnn2Cc2cccs2)c(F)c1. The fourth-order valence-electron chi connectivity index (χ4n) is 1.70. The van der Waals surface area contributed by atoms with Gasteiger partial charge in [0.05, 0.1) is 22.4 Å². The molecule has 0 radical (unpaired) electrons. The molecule has 0 saturated heterocycles. The lowest BCUT2D eigenvalue weighted by Gasteiger charge is -2.04. The van der Waals surface area contributed by atoms with Gasteiger partial charge in [-0.15, -0.1) is 16.4 Å². The minimum absolute atomic E-state index is 0.229. The third-order valence-electron chi connectivity index (χ3n) is 2.71. The van der Waals surface area contributed by atoms with Gasteiger partial charge in [0.2, 0.25) is 5.16 Å². The van der Waals surface area contributed by atoms with Crippen LogP contribution >= 0.6 is 23.1 Å². The van der Waals surface area contributed by atoms with E-state index >= 15 is 0 Å². The third-order valence-corrected chi connectivity index (χ3v) is 4.60. The summed E-state index contributed by atoms with van der Waals surface area (Å²) >= 11 is 2.59. The van der Waals surface area contributed by atoms with Crippen molar-refractivity contribution in [3.05, 3.63) is 56.5 Å². The van der Waals surface area contributed by atoms with Crippen molar-refractivity contribution in [2.24, 2.45) is 0 Å². The van der Waals surface area contributed by atoms with E-state index in [-0.39, 0.29) is 10.6 Å². The molecule has 0 bridgehead atoms. The van der Waals surface area contributed by atoms with Crippen molar-refractivity contribution in [3.63, 3.8) is 0 Å². The van der Waals surface area contributed by atoms with Crippen LogP contribution in [0.2, 0.25) is 0 Å². The zero-order valence-corrected chi connectivity index (χ0v) is 12.6. The Morgan fingerprint density at radius 3 is 2.95 bits per heavy atom. The Kier molecular flexibility index (Phi) is 4.11. The van der Waals surface area contributed by atoms with E-state index in [0.29, 0.717) is 11.7 Å². The number of tetrazole rings is 1. The summed E-state index contributed by atoms with van der Waals surface area (Å²) in [6, 6.07) is 7.36. The van der Waals surface area contributed by atoms with Crippen molar-refractivity contribution in [2.45, 2.75) is 16.6 Å². The van der Waals surface area contributed by atoms with Gasteiger partial charge >= 0.3 is 0 Å². The number of thiophene rings is 1. The van der Waals surface area contributed by atoms with Gasteiger partial charge in [0.25, 0.3) is 5.69 Å². The molecule has 0 aliphatic rings. The quantitative estimate of drug-likeness (QED) is 0.525. The smallest absolute Gasteiger partial charge is 0.258 e. The normalized spacial score (nSPS) is 10.8. The monoisotopic (exact) mass is 337 g/mol. The second-order valence-electron chi connectivity index (χ2n) is 4.17. The van der Waals surface area contributed by atoms with Crippen LogP contribution in [0.25, 0.3) is 0 Å². The summed E-state index contributed by atoms with van der Waals surface area (Å²) in [5, 5.41) is 24.3. The van der Waals surface area contributed by atoms with E-state index in [9.17, 15) is 14.5 Å². The predicted molar refractivity (Wildman–Crippen MR) is 78.4 cm³/mol. The van der Waals surface area contributed by atoms with Crippen LogP contribution in [0.1, 0.15) is 4.88 Å². The van der Waals surface area contributed by atoms with Crippen molar-refractivity contribution in [1.29, 1.82) is 0 Å². The largest absolute Gasteiger partial charge is 0.272 e. The summed E-state index contributed by atoms with van der Waals surface area (Å²) in [5.74, 6) is -0.676. The first kappa shape index (κ1) is 14.6. The van der Waals surface area contributed by atoms with Crippen molar-refractivity contribution < 1.29 is 9.31 Å². The van der Waals surface area contributed by atoms with E-state index in [2.05, 4.69) is 15.5 Å². The number of halogens is 1. The summed E-state index contributed by atoms with van der Waals surface area (Å²) in [6.07, 6.45) is 0. The van der Waals surface area contributed by atoms with Gasteiger partial charge in [-0.3, -0.25) is 10.1 Å². The highest BCUT2D eigenvalue weighted by atomic mass is 32.2. The third kappa shape index (κ3) is 3.12. The van der Waals surface area contributed by atoms with Gasteiger partial charge in [0, 0.05) is 10.9 Å². The Labute approximate surface area is 131 Å². The number of benzene rings is 1. The van der Waals surface area contributed by atoms with E-state index in [1.807, 2.05) is 17.5 Å². The molecule has 0 aliphatic carbocycles. The molecule has 22 heavy (non-hydrogen) atoms. The van der Waals surface area contributed by atoms with Gasteiger partial charge in [-0.2, -0.15) is 0 Å². The van der Waals surface area contributed by atoms with Gasteiger partial charge in [-0.1, -0.05) is 6.07 Å². The number of nitrogens with zero attached hydrogens (tertiary/aromatic N) is 5. The summed E-state index contributed by atoms with van der Waals surface area (Å²) < 4.78 is 15.5. The molecular weight excluding hydrogens is 329 g/mol. The molecule has 0 fully saturated rings. The minimum atomic E-state index is -0.676. The highest BCUT2D eigenvalue weighted by Gasteiger charge is 2.15. The van der Waals surface area contributed by atoms with Crippen molar-refractivity contribution >= 4 is 28.8 Å². The van der Waals surface area contributed by atoms with Gasteiger partial charge in [0.1, 0.15) is 5.82 Å². The molecule has 1 aromatic carbocycles. The van der Waals surface area contributed by atoms with Gasteiger partial charge < -0.3 is 0 Å². The number of hydrogen-bond acceptors (Lipinski definition) is 7. The van der Waals surface area contributed by atoms with Crippen LogP contribution in [0.4, 0.5) is 10.1 Å². The van der Waals surface area contributed by atoms with E-state index < -0.39 is 10.7 Å². The first-order valence-electron chi connectivity index (χ1n) is 6.04. The molecule has 0 atom stereocenters. The molecule has 0 N–H and O–H groups in total. The van der Waals surface area contributed by atoms with Crippen LogP contribution in [0, 0.1) is 15.9 Å². The minimum Gasteiger partial charge on any atom is -0.258 e. The fourth-order valence-corrected chi connectivity index (χ4v) is 3.16. The average molecular weight is 337 g/mol. The summed E-state index contributed by atoms with van der Waals surface area (Å²) in [4.78, 5) is 11.3. The van der Waals surface area contributed by atoms with Gasteiger partial charge in [-0.25, -0.2) is 9.07 Å². The number of nitro benzene ring substituents is 1. The Morgan fingerprint density at radius 1 is 1.41 bits per heavy atom. The highest BCUT2D eigenvalue weighted by molar-refractivity contribution is 7.99. The van der Waals surface area contributed by atoms with Crippen molar-refractivity contribution in [1.82, 2.24) is 20.2 Å². The van der Waals surface area contributed by atoms with E-state index in [0.717, 1.165) is 22.7 Å². The maximum atomic E-state index is 13.9. The maximum absolute atomic E-state index is 13.9. The summed E-state index contributed by atoms with van der Waals surface area (Å²) in [7, 11) is 0. The Bertz CT molecular complexity index is 806. The molecule has 7 nitrogen and oxygen atoms in total. The molecule has 112 valence electrons. The van der Waals surface area contributed by atoms with Crippen LogP contribution in [0.5, 0.6) is 0 Å². The maximum Gasteiger partial charge on any atom is 0.272 e. The van der Waals surface area contributed by atoms with Crippen LogP contribution in [-0.4, -0.2) is 25.1 Å². The van der Waals surface area contributed by atoms with Crippen molar-refractivity contribution in [3.8, 4) is 0 Å². The Balaban J connectivity index is 1.82. The second kappa shape index (κ2) is 6.20. The molecule has 10 heteroatoms. The molecule has 0 aliphatic heterocycles. The predicted octanol–water partition coefficient (Wildman–Crippen LogP) is 2.98. The molecule has 0 spiro atoms. The number of hydrogen-bond donors (Lipinski definition) is 0. The van der Waals surface area contributed by atoms with Gasteiger partial charge in [-0.05, 0) is 39.7 Å². The molecule has 2 heterocycles. The first-order valence-corrected chi connectivity index (χ1v) is 7.73. The molecule has 2 aromatic heterocycles. The number of nitro groups is 1. The Morgan fingerprint density at radius 2 is 2.27 bits per heavy atom. The zero-order valence-electron chi connectivity index (χ0n) is 10.9. The lowest BCUT2D eigenvalue weighted by molar-refractivity contribution is -0.385. The molecule has 3 rings (SSSR count). The van der Waals surface area contributed by atoms with Crippen LogP contribution < -0.4 is 0 Å². The van der Waals surface area contributed by atoms with Crippen molar-refractivity contribution in [2.75, 3.05) is 0 Å². The van der Waals surface area contributed by atoms with E-state index in [1.165, 1.54) is 12.1 Å². The standard InChI is InChI=1S/C12H8FN5O2S2/c13-10-6-8(18(19)20)3-4-11(10)22-12-14-15-16-17(12)7-9-2-1-5-21-9/h1-6H,7H2. The first-order chi connectivity index (χ1) is 10.6. The van der Waals surface area contributed by atoms with Gasteiger partial charge in [0.15, 0.2) is 0 Å². The lowest BCUT2D eigenvalue weighted by Crippen LogP contribution is -2.02.